The van der Waals surface area contributed by atoms with Gasteiger partial charge in [0.25, 0.3) is 11.8 Å². The molecule has 2 atom stereocenters. The number of carbonyl (C=O) groups is 3. The summed E-state index contributed by atoms with van der Waals surface area (Å²) < 4.78 is 3.97. The topological polar surface area (TPSA) is 217 Å². The zero-order valence-electron chi connectivity index (χ0n) is 22.4. The van der Waals surface area contributed by atoms with E-state index >= 15 is 0 Å². The van der Waals surface area contributed by atoms with E-state index in [-0.39, 0.29) is 28.9 Å². The number of β-lactam (4-membered cyclic amide) rings is 1. The molecule has 42 heavy (non-hydrogen) atoms. The molecule has 16 nitrogen and oxygen atoms in total. The molecule has 0 spiro atoms. The van der Waals surface area contributed by atoms with Crippen LogP contribution in [-0.2, 0) is 19.2 Å². The molecule has 222 valence electrons. The van der Waals surface area contributed by atoms with Gasteiger partial charge >= 0.3 is 5.97 Å². The monoisotopic (exact) mass is 633 g/mol. The molecule has 5 heterocycles. The van der Waals surface area contributed by atoms with Gasteiger partial charge in [-0.1, -0.05) is 5.16 Å². The summed E-state index contributed by atoms with van der Waals surface area (Å²) in [6, 6.07) is -0.968. The Morgan fingerprint density at radius 2 is 2.17 bits per heavy atom. The number of nitrogens with one attached hydrogen (secondary N) is 2. The van der Waals surface area contributed by atoms with Crippen molar-refractivity contribution in [3.8, 4) is 0 Å². The second kappa shape index (κ2) is 12.3. The van der Waals surface area contributed by atoms with Gasteiger partial charge in [0.15, 0.2) is 5.13 Å². The number of aliphatic imine (C=N–C) groups is 1. The van der Waals surface area contributed by atoms with Crippen LogP contribution in [0.5, 0.6) is 0 Å². The number of carboxylic acids is 1. The number of amides is 2. The van der Waals surface area contributed by atoms with Gasteiger partial charge in [-0.3, -0.25) is 24.9 Å². The van der Waals surface area contributed by atoms with Crippen molar-refractivity contribution in [1.29, 1.82) is 0 Å². The van der Waals surface area contributed by atoms with Crippen molar-refractivity contribution in [3.05, 3.63) is 52.5 Å². The van der Waals surface area contributed by atoms with Crippen LogP contribution in [0.15, 0.2) is 56.8 Å². The zero-order valence-corrected chi connectivity index (χ0v) is 24.8. The lowest BCUT2D eigenvalue weighted by Crippen LogP contribution is -2.71. The van der Waals surface area contributed by atoms with Gasteiger partial charge in [0.2, 0.25) is 11.5 Å². The first-order valence-corrected chi connectivity index (χ1v) is 15.2. The van der Waals surface area contributed by atoms with Crippen LogP contribution in [0.3, 0.4) is 0 Å². The normalized spacial score (nSPS) is 21.8. The first kappa shape index (κ1) is 29.3. The first-order valence-electron chi connectivity index (χ1n) is 12.4. The van der Waals surface area contributed by atoms with Gasteiger partial charge < -0.3 is 31.6 Å². The summed E-state index contributed by atoms with van der Waals surface area (Å²) in [7, 11) is 1.26. The number of aliphatic carboxylic acids is 1. The van der Waals surface area contributed by atoms with Crippen molar-refractivity contribution in [2.75, 3.05) is 37.4 Å². The van der Waals surface area contributed by atoms with Gasteiger partial charge in [-0.05, 0) is 24.6 Å². The van der Waals surface area contributed by atoms with Crippen molar-refractivity contribution in [3.63, 3.8) is 0 Å². The number of rotatable bonds is 11. The number of allylic oxidation sites excluding steroid dienone is 2. The molecule has 7 N–H and O–H groups in total. The highest BCUT2D eigenvalue weighted by molar-refractivity contribution is 8.03. The summed E-state index contributed by atoms with van der Waals surface area (Å²) in [5, 5.41) is 18.7. The van der Waals surface area contributed by atoms with Crippen LogP contribution < -0.4 is 22.2 Å². The van der Waals surface area contributed by atoms with E-state index in [1.165, 1.54) is 23.8 Å². The van der Waals surface area contributed by atoms with Gasteiger partial charge in [0.1, 0.15) is 30.0 Å². The zero-order chi connectivity index (χ0) is 30.0. The fraction of sp³-hybridized carbons (Fsp3) is 0.348. The standard InChI is InChI=1S/C23H27N11O5S3/c1-11(24)26-5-8-40-13-3-4-14-32(6-7-33(14)29-13)9-12-10-41-21-16(20(36)34(21)17(12)22(37)38)27-19(35)15(30-39-2)18-28-23(25)42-31-18/h3-4,6-7,16,21,29H,5,8-10H2,1-2H3,(H2,24,26)(H,27,35)(H,37,38)(H2,25,28,31)/b30-15-/t16-,21+/m1/s1. The number of thioether (sulfide) groups is 2. The van der Waals surface area contributed by atoms with Crippen molar-refractivity contribution >= 4 is 69.5 Å². The maximum absolute atomic E-state index is 13.2. The molecule has 0 bridgehead atoms. The van der Waals surface area contributed by atoms with E-state index < -0.39 is 29.2 Å². The Morgan fingerprint density at radius 1 is 1.36 bits per heavy atom. The molecule has 1 fully saturated rings. The molecule has 4 aliphatic rings. The average molecular weight is 634 g/mol. The number of nitrogen functional groups attached to an aromatic ring is 1. The van der Waals surface area contributed by atoms with Crippen LogP contribution in [0.4, 0.5) is 5.13 Å². The second-order valence-corrected chi connectivity index (χ2v) is 12.1. The summed E-state index contributed by atoms with van der Waals surface area (Å²) in [4.78, 5) is 54.4. The number of carbonyl (C=O) groups excluding carboxylic acids is 2. The molecule has 19 heteroatoms. The number of aromatic nitrogens is 2. The molecule has 1 saturated heterocycles. The molecule has 0 radical (unpaired) electrons. The first-order chi connectivity index (χ1) is 20.2. The van der Waals surface area contributed by atoms with Crippen molar-refractivity contribution < 1.29 is 24.3 Å². The lowest BCUT2D eigenvalue weighted by Gasteiger charge is -2.49. The maximum atomic E-state index is 13.2. The predicted molar refractivity (Wildman–Crippen MR) is 159 cm³/mol. The third-order valence-corrected chi connectivity index (χ3v) is 9.02. The number of fused-ring (bicyclic) bond motifs is 2. The SMILES string of the molecule is CO/N=C(\C(=O)N[C@@H]1C(=O)N2C(C(=O)O)=C(CN3C=CN4NC(SCCN=C(C)N)=CC=C34)CS[C@@H]12)c1nsc(N)n1. The van der Waals surface area contributed by atoms with Gasteiger partial charge in [-0.25, -0.2) is 9.80 Å². The lowest BCUT2D eigenvalue weighted by molar-refractivity contribution is -0.150. The highest BCUT2D eigenvalue weighted by atomic mass is 32.2. The van der Waals surface area contributed by atoms with Crippen LogP contribution >= 0.6 is 35.1 Å². The number of anilines is 1. The van der Waals surface area contributed by atoms with Crippen LogP contribution in [0.2, 0.25) is 0 Å². The molecule has 1 aromatic heterocycles. The van der Waals surface area contributed by atoms with E-state index in [0.717, 1.165) is 28.1 Å². The quantitative estimate of drug-likeness (QED) is 0.0690. The molecular formula is C23H27N11O5S3. The summed E-state index contributed by atoms with van der Waals surface area (Å²) >= 11 is 3.85. The fourth-order valence-electron chi connectivity index (χ4n) is 4.43. The van der Waals surface area contributed by atoms with E-state index in [2.05, 4.69) is 30.2 Å². The smallest absolute Gasteiger partial charge is 0.352 e. The Balaban J connectivity index is 1.26. The summed E-state index contributed by atoms with van der Waals surface area (Å²) in [6.45, 7) is 2.61. The van der Waals surface area contributed by atoms with E-state index in [0.29, 0.717) is 23.7 Å². The third-order valence-electron chi connectivity index (χ3n) is 6.21. The predicted octanol–water partition coefficient (Wildman–Crippen LogP) is -0.390. The minimum absolute atomic E-state index is 0.0409. The summed E-state index contributed by atoms with van der Waals surface area (Å²) in [5.41, 5.74) is 14.7. The van der Waals surface area contributed by atoms with Crippen molar-refractivity contribution in [2.45, 2.75) is 18.3 Å². The van der Waals surface area contributed by atoms with E-state index in [1.807, 2.05) is 34.5 Å². The minimum atomic E-state index is -1.22. The number of carboxylic acid groups (broad SMARTS) is 1. The van der Waals surface area contributed by atoms with Crippen LogP contribution in [0, 0.1) is 0 Å². The van der Waals surface area contributed by atoms with E-state index in [9.17, 15) is 19.5 Å². The fourth-order valence-corrected chi connectivity index (χ4v) is 6.93. The minimum Gasteiger partial charge on any atom is -0.477 e. The number of hydrogen-bond acceptors (Lipinski definition) is 15. The van der Waals surface area contributed by atoms with E-state index in [1.54, 1.807) is 18.7 Å². The molecule has 1 aromatic rings. The largest absolute Gasteiger partial charge is 0.477 e. The summed E-state index contributed by atoms with van der Waals surface area (Å²) in [6.07, 6.45) is 7.55. The summed E-state index contributed by atoms with van der Waals surface area (Å²) in [5.74, 6) is -0.101. The number of nitrogens with two attached hydrogens (primary N) is 2. The Hall–Kier alpha value is -4.23. The Labute approximate surface area is 252 Å². The van der Waals surface area contributed by atoms with Gasteiger partial charge in [-0.2, -0.15) is 9.36 Å². The number of hydrogen-bond donors (Lipinski definition) is 5. The van der Waals surface area contributed by atoms with Crippen LogP contribution in [0.1, 0.15) is 12.7 Å². The maximum Gasteiger partial charge on any atom is 0.352 e. The number of amidine groups is 1. The number of hydrazine groups is 1. The Bertz CT molecular complexity index is 1480. The molecule has 0 saturated carbocycles. The lowest BCUT2D eigenvalue weighted by atomic mass is 10.0. The van der Waals surface area contributed by atoms with Crippen LogP contribution in [0.25, 0.3) is 0 Å². The Kier molecular flexibility index (Phi) is 8.59. The van der Waals surface area contributed by atoms with Crippen molar-refractivity contribution in [1.82, 2.24) is 34.9 Å². The highest BCUT2D eigenvalue weighted by Gasteiger charge is 2.54. The second-order valence-electron chi connectivity index (χ2n) is 9.03. The molecule has 0 unspecified atom stereocenters. The highest BCUT2D eigenvalue weighted by Crippen LogP contribution is 2.41. The molecule has 0 aliphatic carbocycles. The molecule has 4 aliphatic heterocycles. The van der Waals surface area contributed by atoms with Gasteiger partial charge in [0.05, 0.1) is 17.4 Å². The average Bonchev–Trinajstić information content (AvgIpc) is 3.57. The van der Waals surface area contributed by atoms with Crippen molar-refractivity contribution in [2.24, 2.45) is 15.9 Å². The molecule has 5 rings (SSSR count). The van der Waals surface area contributed by atoms with Crippen LogP contribution in [-0.4, -0.2) is 102 Å². The van der Waals surface area contributed by atoms with E-state index in [4.69, 9.17) is 16.3 Å². The number of nitrogens with zero attached hydrogens (tertiary/aromatic N) is 7. The van der Waals surface area contributed by atoms with Gasteiger partial charge in [0, 0.05) is 42.0 Å². The molecular weight excluding hydrogens is 607 g/mol. The van der Waals surface area contributed by atoms with Gasteiger partial charge in [-0.15, -0.1) is 23.5 Å². The molecule has 0 aromatic carbocycles. The number of oxime groups is 1. The molecule has 2 amide bonds. The Morgan fingerprint density at radius 3 is 2.86 bits per heavy atom. The third kappa shape index (κ3) is 5.88.